The smallest absolute Gasteiger partial charge is 0.337 e. The van der Waals surface area contributed by atoms with Crippen molar-refractivity contribution in [3.8, 4) is 0 Å². The van der Waals surface area contributed by atoms with E-state index in [-0.39, 0.29) is 10.6 Å². The summed E-state index contributed by atoms with van der Waals surface area (Å²) in [6.45, 7) is 0. The number of carbonyl (C=O) groups is 1. The number of aromatic nitrogens is 2. The van der Waals surface area contributed by atoms with Crippen molar-refractivity contribution in [2.24, 2.45) is 7.05 Å². The van der Waals surface area contributed by atoms with Crippen LogP contribution < -0.4 is 0 Å². The molecule has 0 unspecified atom stereocenters. The van der Waals surface area contributed by atoms with E-state index in [1.54, 1.807) is 36.4 Å². The van der Waals surface area contributed by atoms with Gasteiger partial charge in [-0.3, -0.25) is 0 Å². The van der Waals surface area contributed by atoms with Gasteiger partial charge in [-0.2, -0.15) is 0 Å². The van der Waals surface area contributed by atoms with Crippen molar-refractivity contribution in [2.75, 3.05) is 0 Å². The number of rotatable bonds is 4. The summed E-state index contributed by atoms with van der Waals surface area (Å²) in [6.07, 6.45) is 3.53. The number of aryl methyl sites for hydroxylation is 1. The first kappa shape index (κ1) is 13.0. The Morgan fingerprint density at radius 2 is 2.33 bits per heavy atom. The molecule has 2 aromatic rings. The Morgan fingerprint density at radius 1 is 1.56 bits per heavy atom. The molecule has 0 bridgehead atoms. The third kappa shape index (κ3) is 2.86. The van der Waals surface area contributed by atoms with Gasteiger partial charge < -0.3 is 9.67 Å². The number of benzene rings is 1. The van der Waals surface area contributed by atoms with Gasteiger partial charge in [0.2, 0.25) is 0 Å². The summed E-state index contributed by atoms with van der Waals surface area (Å²) in [4.78, 5) is 15.9. The third-order valence-electron chi connectivity index (χ3n) is 2.47. The molecule has 0 aliphatic rings. The topological polar surface area (TPSA) is 55.1 Å². The minimum Gasteiger partial charge on any atom is -0.478 e. The zero-order chi connectivity index (χ0) is 13.1. The Labute approximate surface area is 114 Å². The second-order valence-electron chi connectivity index (χ2n) is 3.73. The van der Waals surface area contributed by atoms with Gasteiger partial charge in [0.15, 0.2) is 0 Å². The first-order valence-electron chi connectivity index (χ1n) is 5.19. The molecule has 6 heteroatoms. The maximum absolute atomic E-state index is 11.0. The van der Waals surface area contributed by atoms with Crippen molar-refractivity contribution in [3.05, 3.63) is 47.0 Å². The summed E-state index contributed by atoms with van der Waals surface area (Å²) in [5.41, 5.74) is 1.21. The molecule has 0 atom stereocenters. The molecule has 1 heterocycles. The van der Waals surface area contributed by atoms with E-state index in [0.717, 1.165) is 16.3 Å². The van der Waals surface area contributed by atoms with Crippen LogP contribution >= 0.6 is 23.4 Å². The third-order valence-corrected chi connectivity index (χ3v) is 3.83. The van der Waals surface area contributed by atoms with Gasteiger partial charge in [-0.1, -0.05) is 11.6 Å². The van der Waals surface area contributed by atoms with Crippen molar-refractivity contribution in [1.82, 2.24) is 9.55 Å². The van der Waals surface area contributed by atoms with Gasteiger partial charge in [-0.15, -0.1) is 11.8 Å². The monoisotopic (exact) mass is 282 g/mol. The number of nitrogens with zero attached hydrogens (tertiary/aromatic N) is 2. The quantitative estimate of drug-likeness (QED) is 0.876. The van der Waals surface area contributed by atoms with Crippen molar-refractivity contribution in [2.45, 2.75) is 10.6 Å². The zero-order valence-electron chi connectivity index (χ0n) is 9.63. The highest BCUT2D eigenvalue weighted by Crippen LogP contribution is 2.27. The molecule has 94 valence electrons. The van der Waals surface area contributed by atoms with E-state index in [9.17, 15) is 4.79 Å². The molecule has 2 rings (SSSR count). The fourth-order valence-corrected chi connectivity index (χ4v) is 2.60. The van der Waals surface area contributed by atoms with Crippen molar-refractivity contribution >= 4 is 29.3 Å². The summed E-state index contributed by atoms with van der Waals surface area (Å²) in [7, 11) is 1.92. The van der Waals surface area contributed by atoms with Gasteiger partial charge in [-0.05, 0) is 18.2 Å². The van der Waals surface area contributed by atoms with Crippen LogP contribution in [0.25, 0.3) is 0 Å². The van der Waals surface area contributed by atoms with E-state index >= 15 is 0 Å². The summed E-state index contributed by atoms with van der Waals surface area (Å²) < 4.78 is 1.93. The Kier molecular flexibility index (Phi) is 3.93. The van der Waals surface area contributed by atoms with E-state index in [4.69, 9.17) is 16.7 Å². The van der Waals surface area contributed by atoms with Crippen molar-refractivity contribution in [1.29, 1.82) is 0 Å². The summed E-state index contributed by atoms with van der Waals surface area (Å²) in [5.74, 6) is -0.278. The molecule has 0 fully saturated rings. The minimum atomic E-state index is -1.01. The lowest BCUT2D eigenvalue weighted by Gasteiger charge is -2.05. The van der Waals surface area contributed by atoms with Crippen molar-refractivity contribution < 1.29 is 9.90 Å². The molecular formula is C12H11ClN2O2S. The molecular weight excluding hydrogens is 272 g/mol. The number of thioether (sulfide) groups is 1. The van der Waals surface area contributed by atoms with E-state index in [1.165, 1.54) is 0 Å². The zero-order valence-corrected chi connectivity index (χ0v) is 11.2. The highest BCUT2D eigenvalue weighted by Gasteiger charge is 2.10. The van der Waals surface area contributed by atoms with Crippen LogP contribution in [0, 0.1) is 0 Å². The number of aromatic carboxylic acids is 1. The predicted octanol–water partition coefficient (Wildman–Crippen LogP) is 3.06. The Bertz CT molecular complexity index is 583. The number of hydrogen-bond donors (Lipinski definition) is 1. The summed E-state index contributed by atoms with van der Waals surface area (Å²) >= 11 is 7.36. The van der Waals surface area contributed by atoms with Gasteiger partial charge >= 0.3 is 5.97 Å². The first-order valence-corrected chi connectivity index (χ1v) is 6.55. The van der Waals surface area contributed by atoms with Crippen LogP contribution in [-0.2, 0) is 12.8 Å². The largest absolute Gasteiger partial charge is 0.478 e. The Balaban J connectivity index is 2.13. The molecule has 4 nitrogen and oxygen atoms in total. The van der Waals surface area contributed by atoms with Crippen LogP contribution in [0.2, 0.25) is 5.02 Å². The standard InChI is InChI=1S/C12H11ClN2O2S/c1-15-7-14-5-8(15)6-18-9-2-3-11(13)10(4-9)12(16)17/h2-5,7H,6H2,1H3,(H,16,17). The average molecular weight is 283 g/mol. The molecule has 0 aliphatic heterocycles. The Hall–Kier alpha value is -1.46. The first-order chi connectivity index (χ1) is 8.58. The molecule has 0 spiro atoms. The number of halogens is 1. The molecule has 0 saturated carbocycles. The minimum absolute atomic E-state index is 0.131. The maximum Gasteiger partial charge on any atom is 0.337 e. The van der Waals surface area contributed by atoms with E-state index < -0.39 is 5.97 Å². The summed E-state index contributed by atoms with van der Waals surface area (Å²) in [5, 5.41) is 9.24. The van der Waals surface area contributed by atoms with E-state index in [0.29, 0.717) is 0 Å². The molecule has 1 aromatic heterocycles. The number of carboxylic acid groups (broad SMARTS) is 1. The lowest BCUT2D eigenvalue weighted by Crippen LogP contribution is -1.97. The highest BCUT2D eigenvalue weighted by atomic mass is 35.5. The second-order valence-corrected chi connectivity index (χ2v) is 5.19. The van der Waals surface area contributed by atoms with Crippen LogP contribution in [0.4, 0.5) is 0 Å². The molecule has 1 aromatic carbocycles. The molecule has 0 radical (unpaired) electrons. The molecule has 18 heavy (non-hydrogen) atoms. The summed E-state index contributed by atoms with van der Waals surface area (Å²) in [6, 6.07) is 5.01. The van der Waals surface area contributed by atoms with Crippen LogP contribution in [0.15, 0.2) is 35.6 Å². The second kappa shape index (κ2) is 5.46. The lowest BCUT2D eigenvalue weighted by molar-refractivity contribution is 0.0697. The number of imidazole rings is 1. The van der Waals surface area contributed by atoms with Crippen LogP contribution in [0.5, 0.6) is 0 Å². The van der Waals surface area contributed by atoms with Gasteiger partial charge in [-0.25, -0.2) is 9.78 Å². The van der Waals surface area contributed by atoms with Crippen LogP contribution in [0.3, 0.4) is 0 Å². The number of carboxylic acids is 1. The molecule has 0 amide bonds. The maximum atomic E-state index is 11.0. The average Bonchev–Trinajstić information content (AvgIpc) is 2.73. The molecule has 0 aliphatic carbocycles. The van der Waals surface area contributed by atoms with Gasteiger partial charge in [0.25, 0.3) is 0 Å². The highest BCUT2D eigenvalue weighted by molar-refractivity contribution is 7.98. The Morgan fingerprint density at radius 3 is 2.94 bits per heavy atom. The molecule has 0 saturated heterocycles. The van der Waals surface area contributed by atoms with Crippen LogP contribution in [0.1, 0.15) is 16.1 Å². The molecule has 1 N–H and O–H groups in total. The predicted molar refractivity (Wildman–Crippen MR) is 71.2 cm³/mol. The van der Waals surface area contributed by atoms with Gasteiger partial charge in [0.05, 0.1) is 16.9 Å². The van der Waals surface area contributed by atoms with Gasteiger partial charge in [0.1, 0.15) is 0 Å². The fourth-order valence-electron chi connectivity index (χ4n) is 1.44. The van der Waals surface area contributed by atoms with Crippen LogP contribution in [-0.4, -0.2) is 20.6 Å². The van der Waals surface area contributed by atoms with Gasteiger partial charge in [0, 0.05) is 29.6 Å². The number of hydrogen-bond acceptors (Lipinski definition) is 3. The van der Waals surface area contributed by atoms with E-state index in [1.807, 2.05) is 17.7 Å². The van der Waals surface area contributed by atoms with E-state index in [2.05, 4.69) is 4.98 Å². The normalized spacial score (nSPS) is 10.6. The lowest BCUT2D eigenvalue weighted by atomic mass is 10.2. The van der Waals surface area contributed by atoms with Crippen molar-refractivity contribution in [3.63, 3.8) is 0 Å². The fraction of sp³-hybridized carbons (Fsp3) is 0.167. The SMILES string of the molecule is Cn1cncc1CSc1ccc(Cl)c(C(=O)O)c1.